The van der Waals surface area contributed by atoms with Gasteiger partial charge in [0.05, 0.1) is 13.2 Å². The number of anilines is 1. The lowest BCUT2D eigenvalue weighted by atomic mass is 9.93. The zero-order valence-electron chi connectivity index (χ0n) is 12.3. The maximum atomic E-state index is 12.7. The first kappa shape index (κ1) is 16.1. The van der Waals surface area contributed by atoms with Crippen LogP contribution in [0.5, 0.6) is 5.75 Å². The molecule has 0 amide bonds. The molecule has 0 aromatic heterocycles. The highest BCUT2D eigenvalue weighted by molar-refractivity contribution is 7.89. The standard InChI is InChI=1S/C14H22N2O4S/c1-10(17)11-5-7-16(8-6-11)21(18,19)14-9-12(15)3-4-13(14)20-2/h3-4,9-11,17H,5-8,15H2,1-2H3. The Labute approximate surface area is 125 Å². The van der Waals surface area contributed by atoms with Gasteiger partial charge < -0.3 is 15.6 Å². The maximum Gasteiger partial charge on any atom is 0.246 e. The molecule has 1 heterocycles. The number of sulfonamides is 1. The SMILES string of the molecule is COc1ccc(N)cc1S(=O)(=O)N1CCC(C(C)O)CC1. The zero-order chi connectivity index (χ0) is 15.6. The number of nitrogens with two attached hydrogens (primary N) is 1. The van der Waals surface area contributed by atoms with Gasteiger partial charge in [0.15, 0.2) is 0 Å². The molecule has 1 atom stereocenters. The van der Waals surface area contributed by atoms with Crippen molar-refractivity contribution < 1.29 is 18.3 Å². The van der Waals surface area contributed by atoms with E-state index in [1.165, 1.54) is 17.5 Å². The summed E-state index contributed by atoms with van der Waals surface area (Å²) in [4.78, 5) is 0.0977. The Bertz CT molecular complexity index is 593. The highest BCUT2D eigenvalue weighted by atomic mass is 32.2. The van der Waals surface area contributed by atoms with Crippen LogP contribution < -0.4 is 10.5 Å². The van der Waals surface area contributed by atoms with E-state index in [-0.39, 0.29) is 10.8 Å². The van der Waals surface area contributed by atoms with Gasteiger partial charge in [0.1, 0.15) is 10.6 Å². The van der Waals surface area contributed by atoms with E-state index in [1.54, 1.807) is 19.1 Å². The van der Waals surface area contributed by atoms with Crippen molar-refractivity contribution in [1.82, 2.24) is 4.31 Å². The highest BCUT2D eigenvalue weighted by Gasteiger charge is 2.32. The van der Waals surface area contributed by atoms with Crippen LogP contribution in [0, 0.1) is 5.92 Å². The zero-order valence-corrected chi connectivity index (χ0v) is 13.1. The van der Waals surface area contributed by atoms with Gasteiger partial charge in [-0.2, -0.15) is 4.31 Å². The van der Waals surface area contributed by atoms with E-state index >= 15 is 0 Å². The molecule has 1 aromatic rings. The minimum atomic E-state index is -3.63. The third-order valence-corrected chi connectivity index (χ3v) is 5.91. The third-order valence-electron chi connectivity index (χ3n) is 3.99. The number of aliphatic hydroxyl groups excluding tert-OH is 1. The topological polar surface area (TPSA) is 92.9 Å². The molecule has 0 aliphatic carbocycles. The molecule has 0 spiro atoms. The van der Waals surface area contributed by atoms with E-state index in [0.29, 0.717) is 37.4 Å². The summed E-state index contributed by atoms with van der Waals surface area (Å²) in [5, 5.41) is 9.60. The molecule has 1 aliphatic rings. The van der Waals surface area contributed by atoms with Gasteiger partial charge in [-0.1, -0.05) is 0 Å². The van der Waals surface area contributed by atoms with Crippen molar-refractivity contribution in [2.24, 2.45) is 5.92 Å². The number of benzene rings is 1. The normalized spacial score (nSPS) is 19.4. The maximum absolute atomic E-state index is 12.7. The molecule has 0 saturated carbocycles. The Morgan fingerprint density at radius 2 is 2.00 bits per heavy atom. The molecule has 2 rings (SSSR count). The number of piperidine rings is 1. The number of hydrogen-bond acceptors (Lipinski definition) is 5. The third kappa shape index (κ3) is 3.30. The van der Waals surface area contributed by atoms with Crippen LogP contribution in [0.1, 0.15) is 19.8 Å². The summed E-state index contributed by atoms with van der Waals surface area (Å²) in [7, 11) is -2.19. The number of rotatable bonds is 4. The molecule has 21 heavy (non-hydrogen) atoms. The minimum Gasteiger partial charge on any atom is -0.495 e. The van der Waals surface area contributed by atoms with Gasteiger partial charge in [-0.05, 0) is 43.9 Å². The van der Waals surface area contributed by atoms with Gasteiger partial charge in [-0.3, -0.25) is 0 Å². The molecule has 1 aliphatic heterocycles. The van der Waals surface area contributed by atoms with Crippen LogP contribution in [-0.4, -0.2) is 44.1 Å². The fourth-order valence-corrected chi connectivity index (χ4v) is 4.29. The van der Waals surface area contributed by atoms with E-state index in [2.05, 4.69) is 0 Å². The second-order valence-electron chi connectivity index (χ2n) is 5.39. The number of ether oxygens (including phenoxy) is 1. The van der Waals surface area contributed by atoms with Crippen LogP contribution in [0.2, 0.25) is 0 Å². The van der Waals surface area contributed by atoms with Crippen molar-refractivity contribution in [1.29, 1.82) is 0 Å². The van der Waals surface area contributed by atoms with Crippen LogP contribution in [-0.2, 0) is 10.0 Å². The molecule has 1 saturated heterocycles. The summed E-state index contributed by atoms with van der Waals surface area (Å²) in [5.74, 6) is 0.445. The Kier molecular flexibility index (Phi) is 4.75. The van der Waals surface area contributed by atoms with Crippen molar-refractivity contribution in [2.75, 3.05) is 25.9 Å². The molecule has 1 fully saturated rings. The van der Waals surface area contributed by atoms with Crippen molar-refractivity contribution in [3.8, 4) is 5.75 Å². The monoisotopic (exact) mass is 314 g/mol. The number of aliphatic hydroxyl groups is 1. The number of nitrogen functional groups attached to an aromatic ring is 1. The molecule has 118 valence electrons. The predicted molar refractivity (Wildman–Crippen MR) is 80.6 cm³/mol. The molecule has 3 N–H and O–H groups in total. The number of nitrogens with zero attached hydrogens (tertiary/aromatic N) is 1. The van der Waals surface area contributed by atoms with Crippen LogP contribution in [0.4, 0.5) is 5.69 Å². The lowest BCUT2D eigenvalue weighted by Crippen LogP contribution is -2.40. The van der Waals surface area contributed by atoms with Crippen molar-refractivity contribution in [3.63, 3.8) is 0 Å². The molecule has 1 unspecified atom stereocenters. The Morgan fingerprint density at radius 1 is 1.38 bits per heavy atom. The molecule has 0 radical (unpaired) electrons. The predicted octanol–water partition coefficient (Wildman–Crippen LogP) is 1.06. The van der Waals surface area contributed by atoms with E-state index < -0.39 is 16.1 Å². The van der Waals surface area contributed by atoms with Crippen LogP contribution >= 0.6 is 0 Å². The van der Waals surface area contributed by atoms with Crippen LogP contribution in [0.3, 0.4) is 0 Å². The van der Waals surface area contributed by atoms with Crippen LogP contribution in [0.15, 0.2) is 23.1 Å². The summed E-state index contributed by atoms with van der Waals surface area (Å²) in [5.41, 5.74) is 6.08. The van der Waals surface area contributed by atoms with Gasteiger partial charge in [-0.15, -0.1) is 0 Å². The fourth-order valence-electron chi connectivity index (χ4n) is 2.63. The quantitative estimate of drug-likeness (QED) is 0.811. The molecule has 0 bridgehead atoms. The van der Waals surface area contributed by atoms with Gasteiger partial charge >= 0.3 is 0 Å². The van der Waals surface area contributed by atoms with E-state index in [0.717, 1.165) is 0 Å². The number of methoxy groups -OCH3 is 1. The largest absolute Gasteiger partial charge is 0.495 e. The Balaban J connectivity index is 2.25. The average molecular weight is 314 g/mol. The van der Waals surface area contributed by atoms with Crippen molar-refractivity contribution in [3.05, 3.63) is 18.2 Å². The first-order valence-electron chi connectivity index (χ1n) is 6.98. The van der Waals surface area contributed by atoms with Gasteiger partial charge in [0.25, 0.3) is 0 Å². The smallest absolute Gasteiger partial charge is 0.246 e. The van der Waals surface area contributed by atoms with E-state index in [9.17, 15) is 13.5 Å². The lowest BCUT2D eigenvalue weighted by molar-refractivity contribution is 0.0911. The summed E-state index contributed by atoms with van der Waals surface area (Å²) < 4.78 is 32.0. The fraction of sp³-hybridized carbons (Fsp3) is 0.571. The summed E-state index contributed by atoms with van der Waals surface area (Å²) in [6.07, 6.45) is 0.903. The van der Waals surface area contributed by atoms with Gasteiger partial charge in [0.2, 0.25) is 10.0 Å². The summed E-state index contributed by atoms with van der Waals surface area (Å²) in [6.45, 7) is 2.54. The average Bonchev–Trinajstić information content (AvgIpc) is 2.47. The Morgan fingerprint density at radius 3 is 2.52 bits per heavy atom. The second-order valence-corrected chi connectivity index (χ2v) is 7.30. The van der Waals surface area contributed by atoms with Gasteiger partial charge in [-0.25, -0.2) is 8.42 Å². The van der Waals surface area contributed by atoms with E-state index in [1.807, 2.05) is 0 Å². The van der Waals surface area contributed by atoms with Crippen molar-refractivity contribution >= 4 is 15.7 Å². The van der Waals surface area contributed by atoms with Crippen LogP contribution in [0.25, 0.3) is 0 Å². The lowest BCUT2D eigenvalue weighted by Gasteiger charge is -2.32. The number of hydrogen-bond donors (Lipinski definition) is 2. The van der Waals surface area contributed by atoms with Gasteiger partial charge in [0, 0.05) is 18.8 Å². The first-order valence-corrected chi connectivity index (χ1v) is 8.42. The molecular weight excluding hydrogens is 292 g/mol. The summed E-state index contributed by atoms with van der Waals surface area (Å²) >= 11 is 0. The molecule has 1 aromatic carbocycles. The molecule has 6 nitrogen and oxygen atoms in total. The summed E-state index contributed by atoms with van der Waals surface area (Å²) in [6, 6.07) is 4.59. The second kappa shape index (κ2) is 6.21. The van der Waals surface area contributed by atoms with E-state index in [4.69, 9.17) is 10.5 Å². The first-order chi connectivity index (χ1) is 9.86. The molecule has 7 heteroatoms. The highest BCUT2D eigenvalue weighted by Crippen LogP contribution is 2.31. The minimum absolute atomic E-state index is 0.0977. The molecular formula is C14H22N2O4S. The Hall–Kier alpha value is -1.31. The van der Waals surface area contributed by atoms with Crippen molar-refractivity contribution in [2.45, 2.75) is 30.8 Å².